The molecule has 0 bridgehead atoms. The van der Waals surface area contributed by atoms with Crippen molar-refractivity contribution in [2.75, 3.05) is 0 Å². The molecule has 0 aliphatic heterocycles. The van der Waals surface area contributed by atoms with Crippen molar-refractivity contribution in [2.24, 2.45) is 0 Å². The summed E-state index contributed by atoms with van der Waals surface area (Å²) < 4.78 is 0. The zero-order valence-electron chi connectivity index (χ0n) is 14.0. The molecule has 0 heterocycles. The van der Waals surface area contributed by atoms with Gasteiger partial charge in [0.25, 0.3) is 0 Å². The summed E-state index contributed by atoms with van der Waals surface area (Å²) in [6.07, 6.45) is 0. The van der Waals surface area contributed by atoms with Crippen LogP contribution in [0.1, 0.15) is 4.28 Å². The van der Waals surface area contributed by atoms with Crippen LogP contribution in [-0.2, 0) is 19.5 Å². The molecule has 103 valence electrons. The second-order valence-corrected chi connectivity index (χ2v) is 6.56. The van der Waals surface area contributed by atoms with Crippen molar-refractivity contribution in [3.63, 3.8) is 0 Å². The van der Waals surface area contributed by atoms with E-state index in [-0.39, 0.29) is 23.8 Å². The van der Waals surface area contributed by atoms with Gasteiger partial charge in [-0.05, 0) is 23.8 Å². The van der Waals surface area contributed by atoms with Crippen molar-refractivity contribution in [3.8, 4) is 0 Å². The summed E-state index contributed by atoms with van der Waals surface area (Å²) >= 11 is 0. The first-order valence-corrected chi connectivity index (χ1v) is 7.74. The summed E-state index contributed by atoms with van der Waals surface area (Å²) in [5.74, 6) is 0. The van der Waals surface area contributed by atoms with Crippen molar-refractivity contribution in [3.05, 3.63) is 91.0 Å². The maximum atomic E-state index is 2.23. The average Bonchev–Trinajstić information content (AvgIpc) is 2.51. The largest absolute Gasteiger partial charge is 3.00 e. The molecule has 0 saturated heterocycles. The van der Waals surface area contributed by atoms with Crippen molar-refractivity contribution in [1.29, 1.82) is 0 Å². The zero-order valence-corrected chi connectivity index (χ0v) is 13.6. The Morgan fingerprint density at radius 3 is 0.950 bits per heavy atom. The molecule has 1 radical (unpaired) electrons. The maximum Gasteiger partial charge on any atom is 3.00 e. The minimum Gasteiger partial charge on any atom is -1.00 e. The van der Waals surface area contributed by atoms with Gasteiger partial charge in [-0.15, -0.1) is 0 Å². The number of hydrogen-bond acceptors (Lipinski definition) is 0. The minimum absolute atomic E-state index is 0. The van der Waals surface area contributed by atoms with E-state index < -0.39 is 7.92 Å². The fourth-order valence-corrected chi connectivity index (χ4v) is 4.48. The van der Waals surface area contributed by atoms with Gasteiger partial charge in [0, 0.05) is 0 Å². The Morgan fingerprint density at radius 2 is 0.700 bits per heavy atom. The molecule has 0 atom stereocenters. The predicted molar refractivity (Wildman–Crippen MR) is 88.5 cm³/mol. The van der Waals surface area contributed by atoms with Crippen LogP contribution in [0.3, 0.4) is 0 Å². The first-order valence-electron chi connectivity index (χ1n) is 6.40. The van der Waals surface area contributed by atoms with Crippen LogP contribution in [0.5, 0.6) is 0 Å². The Morgan fingerprint density at radius 1 is 0.450 bits per heavy atom. The fourth-order valence-electron chi connectivity index (χ4n) is 2.18. The van der Waals surface area contributed by atoms with Crippen molar-refractivity contribution >= 4 is 23.8 Å². The van der Waals surface area contributed by atoms with E-state index in [2.05, 4.69) is 91.0 Å². The first-order chi connectivity index (χ1) is 9.45. The molecule has 0 fully saturated rings. The van der Waals surface area contributed by atoms with Gasteiger partial charge in [0.05, 0.1) is 0 Å². The molecule has 0 saturated carbocycles. The summed E-state index contributed by atoms with van der Waals surface area (Å²) in [5, 5.41) is 4.19. The third-order valence-electron chi connectivity index (χ3n) is 3.04. The Balaban J connectivity index is 0. The van der Waals surface area contributed by atoms with Gasteiger partial charge in [-0.3, -0.25) is 0 Å². The Hall–Kier alpha value is -1.29. The molecule has 0 unspecified atom stereocenters. The molecule has 0 N–H and O–H groups in total. The van der Waals surface area contributed by atoms with Crippen LogP contribution in [0.25, 0.3) is 0 Å². The van der Waals surface area contributed by atoms with Crippen molar-refractivity contribution < 1.29 is 23.8 Å². The predicted octanol–water partition coefficient (Wildman–Crippen LogP) is 3.78. The topological polar surface area (TPSA) is 0 Å². The summed E-state index contributed by atoms with van der Waals surface area (Å²) in [5.41, 5.74) is 0. The molecule has 0 aliphatic carbocycles. The van der Waals surface area contributed by atoms with Gasteiger partial charge < -0.3 is 4.28 Å². The smallest absolute Gasteiger partial charge is 1.00 e. The molecule has 3 rings (SSSR count). The molecular formula is C18H18PRu. The van der Waals surface area contributed by atoms with Crippen molar-refractivity contribution in [1.82, 2.24) is 0 Å². The molecule has 3 aromatic rings. The van der Waals surface area contributed by atoms with Gasteiger partial charge in [-0.2, -0.15) is 0 Å². The van der Waals surface area contributed by atoms with Crippen LogP contribution in [-0.4, -0.2) is 0 Å². The molecule has 2 heteroatoms. The van der Waals surface area contributed by atoms with E-state index >= 15 is 0 Å². The van der Waals surface area contributed by atoms with Gasteiger partial charge in [-0.1, -0.05) is 91.0 Å². The Labute approximate surface area is 138 Å². The average molecular weight is 366 g/mol. The van der Waals surface area contributed by atoms with E-state index in [0.29, 0.717) is 0 Å². The standard InChI is InChI=1S/C18H15P.Ru.3H/c1-4-10-16(11-5-1)19(17-12-6-2-7-13-17)18-14-8-3-9-15-18;;;;/h1-15H;;;;/q;+3;3*-1. The monoisotopic (exact) mass is 367 g/mol. The van der Waals surface area contributed by atoms with Gasteiger partial charge >= 0.3 is 19.5 Å². The summed E-state index contributed by atoms with van der Waals surface area (Å²) in [6.45, 7) is 0. The molecule has 20 heavy (non-hydrogen) atoms. The molecular weight excluding hydrogens is 348 g/mol. The van der Waals surface area contributed by atoms with E-state index in [4.69, 9.17) is 0 Å². The van der Waals surface area contributed by atoms with Crippen LogP contribution in [0, 0.1) is 0 Å². The van der Waals surface area contributed by atoms with Crippen LogP contribution in [0.15, 0.2) is 91.0 Å². The Bertz CT molecular complexity index is 542. The summed E-state index contributed by atoms with van der Waals surface area (Å²) in [4.78, 5) is 0. The fraction of sp³-hybridized carbons (Fsp3) is 0. The third-order valence-corrected chi connectivity index (χ3v) is 5.49. The van der Waals surface area contributed by atoms with E-state index in [1.54, 1.807) is 0 Å². The summed E-state index contributed by atoms with van der Waals surface area (Å²) in [7, 11) is -0.446. The molecule has 0 nitrogen and oxygen atoms in total. The third kappa shape index (κ3) is 3.42. The van der Waals surface area contributed by atoms with Gasteiger partial charge in [0.2, 0.25) is 0 Å². The minimum atomic E-state index is -0.446. The molecule has 0 aromatic heterocycles. The molecule has 3 aromatic carbocycles. The van der Waals surface area contributed by atoms with E-state index in [1.165, 1.54) is 15.9 Å². The van der Waals surface area contributed by atoms with Crippen LogP contribution < -0.4 is 15.9 Å². The van der Waals surface area contributed by atoms with Crippen LogP contribution >= 0.6 is 7.92 Å². The van der Waals surface area contributed by atoms with E-state index in [9.17, 15) is 0 Å². The normalized spacial score (nSPS) is 10.1. The second kappa shape index (κ2) is 7.48. The van der Waals surface area contributed by atoms with Gasteiger partial charge in [0.15, 0.2) is 0 Å². The Kier molecular flexibility index (Phi) is 5.65. The van der Waals surface area contributed by atoms with Crippen molar-refractivity contribution in [2.45, 2.75) is 0 Å². The van der Waals surface area contributed by atoms with E-state index in [0.717, 1.165) is 0 Å². The SMILES string of the molecule is [H-].[H-].[H-].[Ru+3].c1ccc(P(c2ccccc2)c2ccccc2)cc1. The molecule has 0 aliphatic rings. The zero-order chi connectivity index (χ0) is 12.9. The number of hydrogen-bond donors (Lipinski definition) is 0. The second-order valence-electron chi connectivity index (χ2n) is 4.34. The quantitative estimate of drug-likeness (QED) is 0.489. The number of rotatable bonds is 3. The first kappa shape index (κ1) is 15.1. The molecule has 0 spiro atoms. The number of benzene rings is 3. The van der Waals surface area contributed by atoms with Gasteiger partial charge in [-0.25, -0.2) is 0 Å². The van der Waals surface area contributed by atoms with E-state index in [1.807, 2.05) is 0 Å². The summed E-state index contributed by atoms with van der Waals surface area (Å²) in [6, 6.07) is 32.3. The van der Waals surface area contributed by atoms with Crippen LogP contribution in [0.4, 0.5) is 0 Å². The van der Waals surface area contributed by atoms with Crippen LogP contribution in [0.2, 0.25) is 0 Å². The van der Waals surface area contributed by atoms with Gasteiger partial charge in [0.1, 0.15) is 0 Å². The molecule has 0 amide bonds. The maximum absolute atomic E-state index is 2.23.